The average Bonchev–Trinajstić information content (AvgIpc) is 1.30. The Labute approximate surface area is 622 Å². The zero-order valence-electron chi connectivity index (χ0n) is 61.1. The molecule has 0 saturated carbocycles. The normalized spacial score (nSPS) is 18.2. The van der Waals surface area contributed by atoms with Gasteiger partial charge in [0, 0.05) is 0 Å². The fourth-order valence-corrected chi connectivity index (χ4v) is 42.3. The number of hydrogen-bond acceptors (Lipinski definition) is 19. The number of nitrogens with zero attached hydrogens (tertiary/aromatic N) is 10. The molecule has 0 radical (unpaired) electrons. The van der Waals surface area contributed by atoms with Crippen molar-refractivity contribution < 1.29 is 86.9 Å². The molecule has 0 amide bonds. The average molecular weight is 1600 g/mol. The van der Waals surface area contributed by atoms with Gasteiger partial charge in [-0.3, -0.25) is 13.9 Å². The molecule has 6 aliphatic rings. The van der Waals surface area contributed by atoms with Gasteiger partial charge in [0.05, 0.1) is 0 Å². The summed E-state index contributed by atoms with van der Waals surface area (Å²) in [6, 6.07) is 33.8. The number of aromatic nitrogens is 2. The second-order valence-electron chi connectivity index (χ2n) is 30.6. The third-order valence-electron chi connectivity index (χ3n) is 22.2. The number of hydrogen-bond donors (Lipinski definition) is 7. The van der Waals surface area contributed by atoms with Crippen LogP contribution in [0.15, 0.2) is 117 Å². The van der Waals surface area contributed by atoms with Crippen molar-refractivity contribution in [2.75, 3.05) is 77.0 Å². The second kappa shape index (κ2) is 30.2. The summed E-state index contributed by atoms with van der Waals surface area (Å²) in [6.45, 7) is 16.1. The van der Waals surface area contributed by atoms with Crippen molar-refractivity contribution in [3.05, 3.63) is 130 Å². The number of benzene rings is 4. The predicted octanol–water partition coefficient (Wildman–Crippen LogP) is 7.36. The van der Waals surface area contributed by atoms with E-state index in [1.807, 2.05) is 48.5 Å². The van der Waals surface area contributed by atoms with Gasteiger partial charge in [-0.15, -0.1) is 0 Å². The van der Waals surface area contributed by atoms with Crippen LogP contribution in [0, 0.1) is 0 Å². The summed E-state index contributed by atoms with van der Waals surface area (Å²) in [4.78, 5) is 40.5. The minimum absolute atomic E-state index is 0.0597. The Morgan fingerprint density at radius 1 is 0.491 bits per heavy atom. The Balaban J connectivity index is 1.08. The Morgan fingerprint density at radius 2 is 0.877 bits per heavy atom. The van der Waals surface area contributed by atoms with E-state index < -0.39 is 77.0 Å². The van der Waals surface area contributed by atoms with E-state index in [2.05, 4.69) is 117 Å². The summed E-state index contributed by atoms with van der Waals surface area (Å²) < 4.78 is 165. The van der Waals surface area contributed by atoms with Crippen LogP contribution in [-0.4, -0.2) is 204 Å². The number of amidine groups is 4. The number of fused-ring (bicyclic) bond motifs is 12. The Kier molecular flexibility index (Phi) is 22.5. The summed E-state index contributed by atoms with van der Waals surface area (Å²) in [7, 11) is -31.8. The first-order chi connectivity index (χ1) is 50.2. The molecular weight excluding hydrogens is 1490 g/mol. The van der Waals surface area contributed by atoms with Gasteiger partial charge in [0.2, 0.25) is 0 Å². The molecule has 2 unspecified atom stereocenters. The van der Waals surface area contributed by atoms with E-state index in [4.69, 9.17) is 31.8 Å². The Morgan fingerprint density at radius 3 is 1.29 bits per heavy atom. The standard InChI is InChI=1S/C69H100N14O16S4Si3/c1-6-7-20-41-82(42-21-8-9-38-61(84)96-70,43-22-18-39-72-102(90,91)92)47-28-51-104(2,3)98-106(99-105(4,5)52-29-48-83(45-24-26-49-100(85,86)87,44-23-19-40-73-103(93,94)95)46-25-27-50-101(88,89)97-71)78-62-53-30-10-11-31-54(53)63(78)75-65-57-34-14-15-35-58(57)67(80(65)106)77-69-60-37-17-16-36-59(60)68(81(69)106)76-66-56-33-13-12-32-55(56)64(74-62)79(66)106/h10-17,30-37,72-73H,6-9,18-29,38-52,70-71H2,1-5H3,(H-2,85,86,87,90,91,92,93,94,95)/p+2. The van der Waals surface area contributed by atoms with Gasteiger partial charge in [-0.1, -0.05) is 0 Å². The van der Waals surface area contributed by atoms with Crippen molar-refractivity contribution in [2.24, 2.45) is 31.8 Å². The van der Waals surface area contributed by atoms with Gasteiger partial charge in [0.1, 0.15) is 0 Å². The zero-order valence-corrected chi connectivity index (χ0v) is 67.3. The molecule has 2 atom stereocenters. The third-order valence-corrected chi connectivity index (χ3v) is 41.9. The molecule has 6 aliphatic heterocycles. The van der Waals surface area contributed by atoms with E-state index in [-0.39, 0.29) is 38.1 Å². The van der Waals surface area contributed by atoms with Gasteiger partial charge in [0.25, 0.3) is 0 Å². The van der Waals surface area contributed by atoms with Crippen molar-refractivity contribution in [1.29, 1.82) is 0 Å². The number of unbranched alkanes of at least 4 members (excludes halogenated alkanes) is 8. The quantitative estimate of drug-likeness (QED) is 0.00645. The molecular formula is C69H102N14O16S4Si3+2. The summed E-state index contributed by atoms with van der Waals surface area (Å²) in [5.41, 5.74) is 4.39. The summed E-state index contributed by atoms with van der Waals surface area (Å²) >= 11 is 0. The van der Waals surface area contributed by atoms with Crippen LogP contribution in [-0.2, 0) is 63.0 Å². The Hall–Kier alpha value is -6.32. The van der Waals surface area contributed by atoms with E-state index in [0.717, 1.165) is 102 Å². The molecule has 578 valence electrons. The third kappa shape index (κ3) is 14.9. The number of carbonyl (C=O) groups excluding carboxylic acids is 1. The molecule has 106 heavy (non-hydrogen) atoms. The van der Waals surface area contributed by atoms with Crippen LogP contribution < -0.4 is 32.2 Å². The molecule has 30 nitrogen and oxygen atoms in total. The molecule has 6 aromatic rings. The second-order valence-corrected chi connectivity index (χ2v) is 50.6. The number of quaternary nitrogens is 2. The fourth-order valence-electron chi connectivity index (χ4n) is 18.0. The van der Waals surface area contributed by atoms with Crippen LogP contribution in [0.5, 0.6) is 0 Å². The van der Waals surface area contributed by atoms with Crippen LogP contribution in [0.2, 0.25) is 38.3 Å². The van der Waals surface area contributed by atoms with Crippen molar-refractivity contribution in [2.45, 2.75) is 154 Å². The predicted molar refractivity (Wildman–Crippen MR) is 412 cm³/mol. The first kappa shape index (κ1) is 79.2. The summed E-state index contributed by atoms with van der Waals surface area (Å²) in [6.07, 6.45) is 9.42. The molecule has 37 heteroatoms. The fraction of sp³-hybridized carbons (Fsp3) is 0.522. The number of rotatable bonds is 45. The number of nitrogens with two attached hydrogens (primary N) is 2. The number of nitrogens with one attached hydrogen (secondary N) is 2. The minimum atomic E-state index is -7.31. The van der Waals surface area contributed by atoms with Gasteiger partial charge in [-0.2, -0.15) is 28.6 Å². The maximum atomic E-state index is 12.7. The molecule has 2 aromatic heterocycles. The van der Waals surface area contributed by atoms with Crippen molar-refractivity contribution >= 4 is 128 Å². The van der Waals surface area contributed by atoms with E-state index in [1.165, 1.54) is 0 Å². The van der Waals surface area contributed by atoms with Crippen LogP contribution in [0.4, 0.5) is 11.6 Å². The van der Waals surface area contributed by atoms with Crippen molar-refractivity contribution in [1.82, 2.24) is 17.9 Å². The molecule has 1 spiro atoms. The van der Waals surface area contributed by atoms with Crippen molar-refractivity contribution in [3.63, 3.8) is 0 Å². The van der Waals surface area contributed by atoms with Crippen LogP contribution in [0.1, 0.15) is 138 Å². The van der Waals surface area contributed by atoms with E-state index >= 15 is 0 Å². The van der Waals surface area contributed by atoms with E-state index in [9.17, 15) is 60.4 Å². The molecule has 0 aliphatic carbocycles. The van der Waals surface area contributed by atoms with Gasteiger partial charge < -0.3 is 4.84 Å². The Bertz CT molecular complexity index is 5030. The SMILES string of the molecule is CCCCC[N+](CCCCCC(=O)ON)(CCCCNS(=O)(=O)O)CCC[Si](C)(C)O[Si-2]123(O[Si](C)(C)CCC[N+](CCCCNS(=O)(=O)O)(CCCCS(=O)(=O)O)CCCCS(=O)(=O)ON)n4c5c6ccccc6c4N=C4c6ccccc6C(=[N+]41)N=c1c4ccccc4c(n12)=NC1=[N+]3C(=N5)c2ccccc21. The molecule has 12 rings (SSSR count). The molecule has 0 bridgehead atoms. The van der Waals surface area contributed by atoms with Gasteiger partial charge >= 0.3 is 579 Å². The van der Waals surface area contributed by atoms with Crippen LogP contribution in [0.25, 0.3) is 21.5 Å². The van der Waals surface area contributed by atoms with E-state index in [1.54, 1.807) is 0 Å². The first-order valence-electron chi connectivity index (χ1n) is 37.0. The van der Waals surface area contributed by atoms with Gasteiger partial charge in [0.15, 0.2) is 0 Å². The van der Waals surface area contributed by atoms with Gasteiger partial charge in [-0.05, 0) is 0 Å². The topological polar surface area (TPSA) is 393 Å². The first-order valence-corrected chi connectivity index (χ1v) is 51.9. The molecule has 0 saturated heterocycles. The van der Waals surface area contributed by atoms with E-state index in [0.29, 0.717) is 151 Å². The van der Waals surface area contributed by atoms with Crippen LogP contribution in [0.3, 0.4) is 0 Å². The molecule has 8 heterocycles. The van der Waals surface area contributed by atoms with Crippen LogP contribution >= 0.6 is 0 Å². The number of carbonyl (C=O) groups is 1. The molecule has 0 fully saturated rings. The van der Waals surface area contributed by atoms with Gasteiger partial charge in [-0.25, -0.2) is 0 Å². The summed E-state index contributed by atoms with van der Waals surface area (Å²) in [5, 5.41) is 3.25. The molecule has 4 aromatic carbocycles. The zero-order chi connectivity index (χ0) is 75.8. The number of aliphatic imine (C=N–C) groups is 2. The molecule has 9 N–H and O–H groups in total. The maximum absolute atomic E-state index is 12.7. The van der Waals surface area contributed by atoms with Crippen molar-refractivity contribution in [3.8, 4) is 0 Å². The summed E-state index contributed by atoms with van der Waals surface area (Å²) in [5.74, 6) is 12.6. The monoisotopic (exact) mass is 1590 g/mol.